The first kappa shape index (κ1) is 24.3. The quantitative estimate of drug-likeness (QED) is 0.679. The van der Waals surface area contributed by atoms with E-state index in [4.69, 9.17) is 11.2 Å². The average Bonchev–Trinajstić information content (AvgIpc) is 3.25. The number of nitrogens with one attached hydrogen (secondary N) is 1. The topological polar surface area (TPSA) is 103 Å². The summed E-state index contributed by atoms with van der Waals surface area (Å²) < 4.78 is 35.3. The van der Waals surface area contributed by atoms with Crippen molar-refractivity contribution in [1.82, 2.24) is 19.5 Å². The Balaban J connectivity index is 2.23. The molecule has 174 valence electrons. The number of carbonyl (C=O) groups excluding carboxylic acids is 1. The fourth-order valence-corrected chi connectivity index (χ4v) is 4.59. The highest BCUT2D eigenvalue weighted by atomic mass is 32.2. The van der Waals surface area contributed by atoms with Gasteiger partial charge >= 0.3 is 0 Å². The minimum atomic E-state index is -4.12. The van der Waals surface area contributed by atoms with Crippen LogP contribution in [0, 0.1) is 18.3 Å². The second kappa shape index (κ2) is 9.24. The van der Waals surface area contributed by atoms with Crippen molar-refractivity contribution < 1.29 is 17.9 Å². The highest BCUT2D eigenvalue weighted by Gasteiger charge is 2.28. The zero-order chi connectivity index (χ0) is 24.4. The standard InChI is InChI=1S/C24H28N4O4S/c1-7-19(16(3)4)21-12-22(29)27-33(30,31)18-13-26-28(14-18)24(5,6)15-32-23-11-17(9-10-25-23)20(21)8-2/h2,7,9-11,13-14,16H,12,15H2,1,3-6H3,(H,27,29)/b19-7-,21-20+. The third-order valence-electron chi connectivity index (χ3n) is 5.40. The molecule has 1 amide bonds. The number of hydrogen-bond acceptors (Lipinski definition) is 6. The largest absolute Gasteiger partial charge is 0.475 e. The number of hydrogen-bond donors (Lipinski definition) is 1. The highest BCUT2D eigenvalue weighted by molar-refractivity contribution is 7.90. The third kappa shape index (κ3) is 5.17. The molecular weight excluding hydrogens is 440 g/mol. The van der Waals surface area contributed by atoms with Gasteiger partial charge in [-0.1, -0.05) is 25.8 Å². The molecule has 1 aliphatic rings. The number of pyridine rings is 1. The summed E-state index contributed by atoms with van der Waals surface area (Å²) in [6.07, 6.45) is 11.7. The van der Waals surface area contributed by atoms with E-state index in [1.54, 1.807) is 18.3 Å². The Hall–Kier alpha value is -3.38. The van der Waals surface area contributed by atoms with Crippen molar-refractivity contribution in [2.24, 2.45) is 5.92 Å². The van der Waals surface area contributed by atoms with Gasteiger partial charge in [-0.3, -0.25) is 9.48 Å². The van der Waals surface area contributed by atoms with Gasteiger partial charge in [0.15, 0.2) is 0 Å². The van der Waals surface area contributed by atoms with E-state index in [1.165, 1.54) is 17.1 Å². The first-order chi connectivity index (χ1) is 15.5. The Labute approximate surface area is 194 Å². The number of fused-ring (bicyclic) bond motifs is 4. The smallest absolute Gasteiger partial charge is 0.267 e. The molecule has 1 aliphatic heterocycles. The minimum absolute atomic E-state index is 0.0522. The lowest BCUT2D eigenvalue weighted by Crippen LogP contribution is -2.34. The van der Waals surface area contributed by atoms with Crippen LogP contribution in [0.5, 0.6) is 5.88 Å². The molecule has 9 heteroatoms. The van der Waals surface area contributed by atoms with Crippen molar-refractivity contribution in [2.75, 3.05) is 6.61 Å². The van der Waals surface area contributed by atoms with Gasteiger partial charge in [-0.25, -0.2) is 18.1 Å². The third-order valence-corrected chi connectivity index (χ3v) is 6.73. The van der Waals surface area contributed by atoms with E-state index in [9.17, 15) is 13.2 Å². The fourth-order valence-electron chi connectivity index (χ4n) is 3.68. The van der Waals surface area contributed by atoms with E-state index in [0.717, 1.165) is 5.57 Å². The van der Waals surface area contributed by atoms with Gasteiger partial charge < -0.3 is 4.74 Å². The maximum Gasteiger partial charge on any atom is 0.267 e. The Bertz CT molecular complexity index is 1280. The summed E-state index contributed by atoms with van der Waals surface area (Å²) in [5, 5.41) is 4.18. The molecule has 33 heavy (non-hydrogen) atoms. The molecule has 0 radical (unpaired) electrons. The van der Waals surface area contributed by atoms with E-state index in [1.807, 2.05) is 40.7 Å². The zero-order valence-corrected chi connectivity index (χ0v) is 20.2. The van der Waals surface area contributed by atoms with E-state index in [2.05, 4.69) is 20.7 Å². The number of carbonyl (C=O) groups is 1. The Morgan fingerprint density at radius 3 is 2.76 bits per heavy atom. The van der Waals surface area contributed by atoms with Crippen LogP contribution in [-0.2, 0) is 20.4 Å². The van der Waals surface area contributed by atoms with Crippen molar-refractivity contribution in [3.8, 4) is 18.2 Å². The average molecular weight is 469 g/mol. The maximum atomic E-state index is 12.9. The molecule has 0 aliphatic carbocycles. The highest BCUT2D eigenvalue weighted by Crippen LogP contribution is 2.32. The van der Waals surface area contributed by atoms with Gasteiger partial charge in [0.1, 0.15) is 11.5 Å². The number of aromatic nitrogens is 3. The summed E-state index contributed by atoms with van der Waals surface area (Å²) >= 11 is 0. The lowest BCUT2D eigenvalue weighted by molar-refractivity contribution is -0.118. The first-order valence-corrected chi connectivity index (χ1v) is 12.0. The fraction of sp³-hybridized carbons (Fsp3) is 0.375. The number of nitrogens with zero attached hydrogens (tertiary/aromatic N) is 3. The van der Waals surface area contributed by atoms with Gasteiger partial charge in [-0.05, 0) is 49.5 Å². The number of allylic oxidation sites excluding steroid dienone is 3. The van der Waals surface area contributed by atoms with E-state index in [0.29, 0.717) is 22.6 Å². The zero-order valence-electron chi connectivity index (χ0n) is 19.4. The van der Waals surface area contributed by atoms with Crippen LogP contribution >= 0.6 is 0 Å². The normalized spacial score (nSPS) is 20.8. The Morgan fingerprint density at radius 2 is 2.12 bits per heavy atom. The molecule has 0 spiro atoms. The van der Waals surface area contributed by atoms with Crippen molar-refractivity contribution in [2.45, 2.75) is 51.5 Å². The van der Waals surface area contributed by atoms with Gasteiger partial charge in [-0.15, -0.1) is 6.42 Å². The van der Waals surface area contributed by atoms with Crippen LogP contribution in [0.4, 0.5) is 0 Å². The van der Waals surface area contributed by atoms with E-state index >= 15 is 0 Å². The van der Waals surface area contributed by atoms with Crippen molar-refractivity contribution >= 4 is 21.5 Å². The molecule has 0 saturated carbocycles. The van der Waals surface area contributed by atoms with Gasteiger partial charge in [0.2, 0.25) is 11.8 Å². The van der Waals surface area contributed by atoms with Crippen LogP contribution in [0.3, 0.4) is 0 Å². The SMILES string of the molecule is C#C/C1=C(\C(=C/C)C(C)C)CC(=O)NS(=O)(=O)c2cnn(c2)C(C)(C)COc2cc1ccn2. The van der Waals surface area contributed by atoms with Gasteiger partial charge in [0, 0.05) is 24.0 Å². The summed E-state index contributed by atoms with van der Waals surface area (Å²) in [6.45, 7) is 9.70. The Kier molecular flexibility index (Phi) is 6.79. The van der Waals surface area contributed by atoms with Crippen LogP contribution in [0.2, 0.25) is 0 Å². The van der Waals surface area contributed by atoms with Crippen LogP contribution in [-0.4, -0.2) is 35.7 Å². The second-order valence-electron chi connectivity index (χ2n) is 8.71. The molecule has 2 aromatic heterocycles. The molecule has 3 heterocycles. The monoisotopic (exact) mass is 468 g/mol. The number of amides is 1. The molecule has 2 aromatic rings. The lowest BCUT2D eigenvalue weighted by atomic mass is 9.87. The molecule has 0 fully saturated rings. The summed E-state index contributed by atoms with van der Waals surface area (Å²) in [5.74, 6) is 2.42. The minimum Gasteiger partial charge on any atom is -0.475 e. The molecule has 8 nitrogen and oxygen atoms in total. The summed E-state index contributed by atoms with van der Waals surface area (Å²) in [6, 6.07) is 3.47. The number of ether oxygens (including phenoxy) is 1. The summed E-state index contributed by atoms with van der Waals surface area (Å²) in [5.41, 5.74) is 1.87. The van der Waals surface area contributed by atoms with Gasteiger partial charge in [0.05, 0.1) is 18.2 Å². The summed E-state index contributed by atoms with van der Waals surface area (Å²) in [4.78, 5) is 17.1. The molecule has 4 bridgehead atoms. The van der Waals surface area contributed by atoms with Crippen LogP contribution in [0.15, 0.2) is 52.8 Å². The molecule has 0 saturated heterocycles. The Morgan fingerprint density at radius 1 is 1.39 bits per heavy atom. The first-order valence-electron chi connectivity index (χ1n) is 10.5. The molecule has 0 atom stereocenters. The summed E-state index contributed by atoms with van der Waals surface area (Å²) in [7, 11) is -4.12. The van der Waals surface area contributed by atoms with Crippen LogP contribution in [0.25, 0.3) is 5.57 Å². The van der Waals surface area contributed by atoms with E-state index < -0.39 is 21.5 Å². The van der Waals surface area contributed by atoms with Crippen molar-refractivity contribution in [3.63, 3.8) is 0 Å². The van der Waals surface area contributed by atoms with Crippen LogP contribution < -0.4 is 9.46 Å². The predicted octanol–water partition coefficient (Wildman–Crippen LogP) is 3.29. The lowest BCUT2D eigenvalue weighted by Gasteiger charge is -2.25. The van der Waals surface area contributed by atoms with Gasteiger partial charge in [-0.2, -0.15) is 5.10 Å². The maximum absolute atomic E-state index is 12.9. The number of sulfonamides is 1. The van der Waals surface area contributed by atoms with Crippen LogP contribution in [0.1, 0.15) is 46.6 Å². The number of terminal acetylenes is 1. The van der Waals surface area contributed by atoms with Crippen molar-refractivity contribution in [1.29, 1.82) is 0 Å². The van der Waals surface area contributed by atoms with Gasteiger partial charge in [0.25, 0.3) is 10.0 Å². The molecular formula is C24H28N4O4S. The molecule has 3 rings (SSSR count). The predicted molar refractivity (Wildman–Crippen MR) is 126 cm³/mol. The van der Waals surface area contributed by atoms with E-state index in [-0.39, 0.29) is 23.8 Å². The second-order valence-corrected chi connectivity index (χ2v) is 10.4. The molecule has 1 N–H and O–H groups in total. The van der Waals surface area contributed by atoms with Crippen molar-refractivity contribution in [3.05, 3.63) is 53.5 Å². The molecule has 0 unspecified atom stereocenters. The number of rotatable bonds is 2. The molecule has 0 aromatic carbocycles.